The molecule has 84 valence electrons. The summed E-state index contributed by atoms with van der Waals surface area (Å²) in [6.45, 7) is 0. The highest BCUT2D eigenvalue weighted by atomic mass is 19.1. The van der Waals surface area contributed by atoms with E-state index in [2.05, 4.69) is 5.10 Å². The highest BCUT2D eigenvalue weighted by Gasteiger charge is 2.09. The van der Waals surface area contributed by atoms with Crippen LogP contribution in [0.3, 0.4) is 0 Å². The third-order valence-corrected chi connectivity index (χ3v) is 2.67. The molecule has 3 rings (SSSR count). The summed E-state index contributed by atoms with van der Waals surface area (Å²) in [5.41, 5.74) is 1.75. The molecule has 0 unspecified atom stereocenters. The van der Waals surface area contributed by atoms with Gasteiger partial charge in [0.2, 0.25) is 0 Å². The molecular weight excluding hydrogens is 219 g/mol. The van der Waals surface area contributed by atoms with Gasteiger partial charge in [0, 0.05) is 23.4 Å². The van der Waals surface area contributed by atoms with E-state index in [1.807, 2.05) is 0 Å². The first kappa shape index (κ1) is 9.84. The van der Waals surface area contributed by atoms with E-state index in [0.717, 1.165) is 0 Å². The molecular formula is C13H9FN2O. The summed E-state index contributed by atoms with van der Waals surface area (Å²) in [4.78, 5) is 0. The second-order valence-corrected chi connectivity index (χ2v) is 3.75. The van der Waals surface area contributed by atoms with Crippen LogP contribution >= 0.6 is 0 Å². The highest BCUT2D eigenvalue weighted by molar-refractivity contribution is 5.73. The van der Waals surface area contributed by atoms with E-state index in [0.29, 0.717) is 16.6 Å². The molecule has 0 aliphatic carbocycles. The van der Waals surface area contributed by atoms with Crippen LogP contribution in [0.25, 0.3) is 16.6 Å². The van der Waals surface area contributed by atoms with E-state index in [-0.39, 0.29) is 11.6 Å². The fourth-order valence-corrected chi connectivity index (χ4v) is 1.84. The maximum Gasteiger partial charge on any atom is 0.142 e. The van der Waals surface area contributed by atoms with Crippen molar-refractivity contribution in [3.05, 3.63) is 54.6 Å². The first-order valence-corrected chi connectivity index (χ1v) is 5.17. The van der Waals surface area contributed by atoms with Gasteiger partial charge >= 0.3 is 0 Å². The van der Waals surface area contributed by atoms with Crippen molar-refractivity contribution in [3.8, 4) is 16.9 Å². The van der Waals surface area contributed by atoms with Gasteiger partial charge in [0.05, 0.1) is 6.20 Å². The smallest absolute Gasteiger partial charge is 0.142 e. The number of aromatic nitrogens is 2. The zero-order valence-electron chi connectivity index (χ0n) is 8.84. The van der Waals surface area contributed by atoms with Crippen molar-refractivity contribution in [1.29, 1.82) is 0 Å². The number of benzene rings is 1. The lowest BCUT2D eigenvalue weighted by atomic mass is 10.1. The lowest BCUT2D eigenvalue weighted by molar-refractivity contribution is 0.477. The quantitative estimate of drug-likeness (QED) is 0.695. The number of nitrogens with zero attached hydrogens (tertiary/aromatic N) is 2. The minimum atomic E-state index is -0.289. The largest absolute Gasteiger partial charge is 0.506 e. The number of hydrogen-bond acceptors (Lipinski definition) is 2. The summed E-state index contributed by atoms with van der Waals surface area (Å²) in [7, 11) is 0. The Balaban J connectivity index is 2.26. The minimum absolute atomic E-state index is 0.127. The Kier molecular flexibility index (Phi) is 2.08. The monoisotopic (exact) mass is 228 g/mol. The Hall–Kier alpha value is -2.36. The lowest BCUT2D eigenvalue weighted by Crippen LogP contribution is -1.86. The molecule has 3 aromatic rings. The maximum atomic E-state index is 13.6. The van der Waals surface area contributed by atoms with Crippen LogP contribution in [-0.4, -0.2) is 14.7 Å². The fraction of sp³-hybridized carbons (Fsp3) is 0. The van der Waals surface area contributed by atoms with Crippen molar-refractivity contribution in [2.45, 2.75) is 0 Å². The van der Waals surface area contributed by atoms with E-state index < -0.39 is 0 Å². The first-order valence-electron chi connectivity index (χ1n) is 5.17. The van der Waals surface area contributed by atoms with Crippen LogP contribution in [0.15, 0.2) is 48.8 Å². The zero-order chi connectivity index (χ0) is 11.8. The zero-order valence-corrected chi connectivity index (χ0v) is 8.84. The molecule has 0 bridgehead atoms. The fourth-order valence-electron chi connectivity index (χ4n) is 1.84. The van der Waals surface area contributed by atoms with Crippen molar-refractivity contribution in [2.75, 3.05) is 0 Å². The van der Waals surface area contributed by atoms with Gasteiger partial charge in [0.25, 0.3) is 0 Å². The van der Waals surface area contributed by atoms with Crippen LogP contribution in [0.5, 0.6) is 5.75 Å². The van der Waals surface area contributed by atoms with E-state index in [1.54, 1.807) is 30.5 Å². The molecule has 0 fully saturated rings. The summed E-state index contributed by atoms with van der Waals surface area (Å²) in [6.07, 6.45) is 3.18. The molecule has 0 spiro atoms. The summed E-state index contributed by atoms with van der Waals surface area (Å²) in [5.74, 6) is -0.162. The molecule has 0 aliphatic rings. The molecule has 3 nitrogen and oxygen atoms in total. The Morgan fingerprint density at radius 3 is 2.76 bits per heavy atom. The van der Waals surface area contributed by atoms with E-state index >= 15 is 0 Å². The van der Waals surface area contributed by atoms with Crippen LogP contribution < -0.4 is 0 Å². The Morgan fingerprint density at radius 1 is 1.18 bits per heavy atom. The molecule has 0 aliphatic heterocycles. The average molecular weight is 228 g/mol. The van der Waals surface area contributed by atoms with Gasteiger partial charge in [0.15, 0.2) is 0 Å². The number of aromatic hydroxyl groups is 1. The molecule has 0 radical (unpaired) electrons. The Morgan fingerprint density at radius 2 is 2.00 bits per heavy atom. The summed E-state index contributed by atoms with van der Waals surface area (Å²) in [5, 5.41) is 13.7. The molecule has 2 heterocycles. The first-order chi connectivity index (χ1) is 8.25. The molecule has 1 aromatic carbocycles. The predicted molar refractivity (Wildman–Crippen MR) is 62.3 cm³/mol. The molecule has 17 heavy (non-hydrogen) atoms. The van der Waals surface area contributed by atoms with Crippen molar-refractivity contribution in [1.82, 2.24) is 9.61 Å². The summed E-state index contributed by atoms with van der Waals surface area (Å²) >= 11 is 0. The maximum absolute atomic E-state index is 13.6. The molecule has 0 atom stereocenters. The Labute approximate surface area is 96.8 Å². The number of halogens is 1. The van der Waals surface area contributed by atoms with Crippen LogP contribution in [0.2, 0.25) is 0 Å². The van der Waals surface area contributed by atoms with Crippen molar-refractivity contribution < 1.29 is 9.50 Å². The van der Waals surface area contributed by atoms with Crippen LogP contribution in [0.4, 0.5) is 4.39 Å². The van der Waals surface area contributed by atoms with E-state index in [9.17, 15) is 9.50 Å². The van der Waals surface area contributed by atoms with Crippen LogP contribution in [-0.2, 0) is 0 Å². The molecule has 0 amide bonds. The van der Waals surface area contributed by atoms with Gasteiger partial charge in [-0.15, -0.1) is 0 Å². The van der Waals surface area contributed by atoms with Crippen LogP contribution in [0.1, 0.15) is 0 Å². The second-order valence-electron chi connectivity index (χ2n) is 3.75. The molecule has 0 saturated carbocycles. The summed E-state index contributed by atoms with van der Waals surface area (Å²) in [6, 6.07) is 9.73. The second kappa shape index (κ2) is 3.59. The van der Waals surface area contributed by atoms with Crippen molar-refractivity contribution >= 4 is 5.52 Å². The third kappa shape index (κ3) is 1.54. The number of hydrogen-bond donors (Lipinski definition) is 1. The Bertz CT molecular complexity index is 691. The van der Waals surface area contributed by atoms with Gasteiger partial charge in [-0.3, -0.25) is 0 Å². The third-order valence-electron chi connectivity index (χ3n) is 2.67. The number of fused-ring (bicyclic) bond motifs is 1. The van der Waals surface area contributed by atoms with Crippen LogP contribution in [0, 0.1) is 5.82 Å². The molecule has 4 heteroatoms. The average Bonchev–Trinajstić information content (AvgIpc) is 2.75. The summed E-state index contributed by atoms with van der Waals surface area (Å²) < 4.78 is 15.1. The molecule has 2 aromatic heterocycles. The van der Waals surface area contributed by atoms with Gasteiger partial charge in [-0.25, -0.2) is 8.91 Å². The standard InChI is InChI=1S/C13H9FN2O/c14-11-4-2-1-3-10(11)9-7-12-13(17)5-6-15-16(12)8-9/h1-8,17H. The number of rotatable bonds is 1. The SMILES string of the molecule is Oc1ccnn2cc(-c3ccccc3F)cc12. The molecule has 0 saturated heterocycles. The van der Waals surface area contributed by atoms with Crippen molar-refractivity contribution in [3.63, 3.8) is 0 Å². The highest BCUT2D eigenvalue weighted by Crippen LogP contribution is 2.27. The van der Waals surface area contributed by atoms with E-state index in [4.69, 9.17) is 0 Å². The van der Waals surface area contributed by atoms with Gasteiger partial charge in [-0.2, -0.15) is 5.10 Å². The predicted octanol–water partition coefficient (Wildman–Crippen LogP) is 2.85. The topological polar surface area (TPSA) is 37.5 Å². The van der Waals surface area contributed by atoms with Gasteiger partial charge in [-0.05, 0) is 12.1 Å². The lowest BCUT2D eigenvalue weighted by Gasteiger charge is -1.97. The molecule has 1 N–H and O–H groups in total. The minimum Gasteiger partial charge on any atom is -0.506 e. The van der Waals surface area contributed by atoms with Gasteiger partial charge < -0.3 is 5.11 Å². The van der Waals surface area contributed by atoms with Gasteiger partial charge in [0.1, 0.15) is 17.1 Å². The van der Waals surface area contributed by atoms with Gasteiger partial charge in [-0.1, -0.05) is 18.2 Å². The van der Waals surface area contributed by atoms with Crippen molar-refractivity contribution in [2.24, 2.45) is 0 Å². The normalized spacial score (nSPS) is 10.9. The van der Waals surface area contributed by atoms with E-state index in [1.165, 1.54) is 22.8 Å².